The predicted molar refractivity (Wildman–Crippen MR) is 14.1 cm³/mol. The molecule has 1 rings (SSSR count). The average Bonchev–Trinajstić information content (AvgIpc) is 1.86. The zero-order valence-electron chi connectivity index (χ0n) is 2.96. The molecular formula is CH4N2O3. The van der Waals surface area contributed by atoms with Gasteiger partial charge >= 0.3 is 0 Å². The Labute approximate surface area is 34.0 Å². The smallest absolute Gasteiger partial charge is 0.207 e. The second-order valence-electron chi connectivity index (χ2n) is 0.725. The molecule has 5 heteroatoms. The summed E-state index contributed by atoms with van der Waals surface area (Å²) in [6.07, 6.45) is 0. The van der Waals surface area contributed by atoms with Gasteiger partial charge in [-0.3, -0.25) is 0 Å². The molecule has 1 saturated heterocycles. The Kier molecular flexibility index (Phi) is 0.992. The van der Waals surface area contributed by atoms with Gasteiger partial charge in [0.1, 0.15) is 0 Å². The van der Waals surface area contributed by atoms with Crippen molar-refractivity contribution in [2.45, 2.75) is 0 Å². The fourth-order valence-corrected chi connectivity index (χ4v) is 0.168. The molecule has 0 saturated carbocycles. The first-order chi connectivity index (χ1) is 2.89. The first kappa shape index (κ1) is 3.97. The molecule has 0 aromatic heterocycles. The fraction of sp³-hybridized carbons (Fsp3) is 1.00. The van der Waals surface area contributed by atoms with E-state index in [1.807, 2.05) is 0 Å². The van der Waals surface area contributed by atoms with Crippen LogP contribution in [0.4, 0.5) is 0 Å². The highest BCUT2D eigenvalue weighted by Gasteiger charge is 2.07. The van der Waals surface area contributed by atoms with E-state index < -0.39 is 0 Å². The molecule has 0 aliphatic carbocycles. The van der Waals surface area contributed by atoms with Gasteiger partial charge in [0.2, 0.25) is 6.79 Å². The van der Waals surface area contributed by atoms with Crippen molar-refractivity contribution in [3.8, 4) is 0 Å². The number of nitrogens with two attached hydrogens (primary N) is 1. The highest BCUT2D eigenvalue weighted by molar-refractivity contribution is 3.89. The molecule has 1 heterocycles. The first-order valence-corrected chi connectivity index (χ1v) is 1.37. The van der Waals surface area contributed by atoms with Crippen LogP contribution in [0, 0.1) is 0 Å². The molecule has 0 atom stereocenters. The SMILES string of the molecule is NN1OCOO1. The summed E-state index contributed by atoms with van der Waals surface area (Å²) in [6.45, 7) is 0.0660. The van der Waals surface area contributed by atoms with Crippen LogP contribution in [0.15, 0.2) is 0 Å². The van der Waals surface area contributed by atoms with Crippen LogP contribution >= 0.6 is 0 Å². The first-order valence-electron chi connectivity index (χ1n) is 1.37. The Bertz CT molecular complexity index is 42.1. The molecule has 2 N–H and O–H groups in total. The van der Waals surface area contributed by atoms with E-state index in [4.69, 9.17) is 5.84 Å². The van der Waals surface area contributed by atoms with Crippen LogP contribution in [-0.2, 0) is 14.7 Å². The zero-order valence-corrected chi connectivity index (χ0v) is 2.96. The molecule has 0 bridgehead atoms. The van der Waals surface area contributed by atoms with Gasteiger partial charge in [-0.05, 0) is 0 Å². The van der Waals surface area contributed by atoms with Gasteiger partial charge in [-0.25, -0.2) is 10.7 Å². The van der Waals surface area contributed by atoms with Gasteiger partial charge in [0.15, 0.2) is 0 Å². The Morgan fingerprint density at radius 3 is 2.67 bits per heavy atom. The summed E-state index contributed by atoms with van der Waals surface area (Å²) in [4.78, 5) is 12.5. The molecule has 1 aliphatic rings. The molecule has 0 unspecified atom stereocenters. The van der Waals surface area contributed by atoms with Gasteiger partial charge in [-0.1, -0.05) is 4.99 Å². The molecule has 0 aromatic carbocycles. The number of hydrazine groups is 1. The lowest BCUT2D eigenvalue weighted by Crippen LogP contribution is -2.23. The standard InChI is InChI=1S/CH4N2O3/c2-3-4-1-5-6-3/h1-2H2. The maximum Gasteiger partial charge on any atom is 0.207 e. The van der Waals surface area contributed by atoms with Crippen LogP contribution in [-0.4, -0.2) is 12.1 Å². The van der Waals surface area contributed by atoms with E-state index in [0.29, 0.717) is 5.34 Å². The Hall–Kier alpha value is -0.200. The molecule has 0 amide bonds. The van der Waals surface area contributed by atoms with Crippen LogP contribution in [0.1, 0.15) is 0 Å². The fourth-order valence-electron chi connectivity index (χ4n) is 0.168. The van der Waals surface area contributed by atoms with Crippen molar-refractivity contribution in [2.75, 3.05) is 6.79 Å². The Balaban J connectivity index is 2.18. The van der Waals surface area contributed by atoms with E-state index in [2.05, 4.69) is 14.7 Å². The summed E-state index contributed by atoms with van der Waals surface area (Å²) < 4.78 is 0. The Morgan fingerprint density at radius 1 is 1.67 bits per heavy atom. The second kappa shape index (κ2) is 1.50. The molecule has 0 radical (unpaired) electrons. The highest BCUT2D eigenvalue weighted by Crippen LogP contribution is 1.93. The Morgan fingerprint density at radius 2 is 2.50 bits per heavy atom. The van der Waals surface area contributed by atoms with E-state index in [1.165, 1.54) is 0 Å². The minimum absolute atomic E-state index is 0.0660. The van der Waals surface area contributed by atoms with Crippen molar-refractivity contribution in [1.29, 1.82) is 0 Å². The molecule has 1 fully saturated rings. The minimum atomic E-state index is 0.0660. The monoisotopic (exact) mass is 92.0 g/mol. The van der Waals surface area contributed by atoms with Crippen LogP contribution < -0.4 is 5.84 Å². The lowest BCUT2D eigenvalue weighted by Gasteiger charge is -1.94. The summed E-state index contributed by atoms with van der Waals surface area (Å²) in [5.74, 6) is 4.80. The normalized spacial score (nSPS) is 25.5. The van der Waals surface area contributed by atoms with Crippen molar-refractivity contribution in [1.82, 2.24) is 5.34 Å². The van der Waals surface area contributed by atoms with Crippen molar-refractivity contribution in [2.24, 2.45) is 5.84 Å². The van der Waals surface area contributed by atoms with Gasteiger partial charge < -0.3 is 0 Å². The topological polar surface area (TPSA) is 57.0 Å². The van der Waals surface area contributed by atoms with E-state index in [1.54, 1.807) is 0 Å². The van der Waals surface area contributed by atoms with Crippen molar-refractivity contribution >= 4 is 0 Å². The molecule has 0 spiro atoms. The number of hydrogen-bond donors (Lipinski definition) is 1. The molecule has 1 aliphatic heterocycles. The number of rotatable bonds is 0. The molecule has 36 valence electrons. The minimum Gasteiger partial charge on any atom is -0.226 e. The van der Waals surface area contributed by atoms with Crippen LogP contribution in [0.3, 0.4) is 0 Å². The third kappa shape index (κ3) is 0.644. The molecule has 6 heavy (non-hydrogen) atoms. The molecular weight excluding hydrogens is 88.0 g/mol. The summed E-state index contributed by atoms with van der Waals surface area (Å²) in [5, 5.41) is 0.639. The zero-order chi connectivity index (χ0) is 4.41. The van der Waals surface area contributed by atoms with Gasteiger partial charge in [0.05, 0.1) is 0 Å². The van der Waals surface area contributed by atoms with Crippen molar-refractivity contribution in [3.63, 3.8) is 0 Å². The third-order valence-corrected chi connectivity index (χ3v) is 0.354. The highest BCUT2D eigenvalue weighted by atomic mass is 17.4. The lowest BCUT2D eigenvalue weighted by molar-refractivity contribution is -0.414. The van der Waals surface area contributed by atoms with Crippen LogP contribution in [0.5, 0.6) is 0 Å². The largest absolute Gasteiger partial charge is 0.226 e. The van der Waals surface area contributed by atoms with Gasteiger partial charge in [-0.2, -0.15) is 4.89 Å². The van der Waals surface area contributed by atoms with E-state index >= 15 is 0 Å². The predicted octanol–water partition coefficient (Wildman–Crippen LogP) is -1.07. The summed E-state index contributed by atoms with van der Waals surface area (Å²) in [7, 11) is 0. The van der Waals surface area contributed by atoms with Gasteiger partial charge in [0.25, 0.3) is 0 Å². The average molecular weight is 92.1 g/mol. The van der Waals surface area contributed by atoms with E-state index in [9.17, 15) is 0 Å². The van der Waals surface area contributed by atoms with Crippen molar-refractivity contribution < 1.29 is 14.7 Å². The molecule has 0 aromatic rings. The maximum atomic E-state index is 4.80. The van der Waals surface area contributed by atoms with Crippen LogP contribution in [0.2, 0.25) is 0 Å². The van der Waals surface area contributed by atoms with Gasteiger partial charge in [0, 0.05) is 5.34 Å². The summed E-state index contributed by atoms with van der Waals surface area (Å²) in [6, 6.07) is 0. The second-order valence-corrected chi connectivity index (χ2v) is 0.725. The lowest BCUT2D eigenvalue weighted by atomic mass is 11.5. The summed E-state index contributed by atoms with van der Waals surface area (Å²) in [5.41, 5.74) is 0. The number of nitrogens with zero attached hydrogens (tertiary/aromatic N) is 1. The summed E-state index contributed by atoms with van der Waals surface area (Å²) >= 11 is 0. The van der Waals surface area contributed by atoms with Crippen molar-refractivity contribution in [3.05, 3.63) is 0 Å². The maximum absolute atomic E-state index is 4.80. The molecule has 5 nitrogen and oxygen atoms in total. The number of hydrogen-bond acceptors (Lipinski definition) is 5. The quantitative estimate of drug-likeness (QED) is 0.304. The van der Waals surface area contributed by atoms with E-state index in [0.717, 1.165) is 0 Å². The third-order valence-electron chi connectivity index (χ3n) is 0.354. The van der Waals surface area contributed by atoms with E-state index in [-0.39, 0.29) is 6.79 Å². The van der Waals surface area contributed by atoms with Crippen LogP contribution in [0.25, 0.3) is 0 Å². The van der Waals surface area contributed by atoms with Gasteiger partial charge in [-0.15, -0.1) is 0 Å².